The Morgan fingerprint density at radius 3 is 2.50 bits per heavy atom. The van der Waals surface area contributed by atoms with Crippen molar-refractivity contribution in [1.82, 2.24) is 5.32 Å². The first-order valence-electron chi connectivity index (χ1n) is 9.80. The number of halogens is 1. The van der Waals surface area contributed by atoms with E-state index in [4.69, 9.17) is 5.73 Å². The lowest BCUT2D eigenvalue weighted by molar-refractivity contribution is -0.114. The molecule has 1 heterocycles. The predicted molar refractivity (Wildman–Crippen MR) is 123 cm³/mol. The third-order valence-corrected chi connectivity index (χ3v) is 7.73. The predicted octanol–water partition coefficient (Wildman–Crippen LogP) is 3.32. The summed E-state index contributed by atoms with van der Waals surface area (Å²) in [6.45, 7) is 0.454. The number of nitrogens with two attached hydrogens (primary N) is 1. The fourth-order valence-electron chi connectivity index (χ4n) is 3.67. The maximum atomic E-state index is 12.7. The van der Waals surface area contributed by atoms with Crippen molar-refractivity contribution in [3.63, 3.8) is 0 Å². The molecule has 30 heavy (non-hydrogen) atoms. The molecular formula is C21H23BrN4O3S. The summed E-state index contributed by atoms with van der Waals surface area (Å²) in [6, 6.07) is 10.8. The lowest BCUT2D eigenvalue weighted by atomic mass is 9.98. The van der Waals surface area contributed by atoms with Crippen LogP contribution in [0.3, 0.4) is 0 Å². The van der Waals surface area contributed by atoms with E-state index in [1.807, 2.05) is 18.2 Å². The number of nitrogens with one attached hydrogen (secondary N) is 1. The first-order valence-corrected chi connectivity index (χ1v) is 12.2. The number of sulfonamides is 1. The Labute approximate surface area is 184 Å². The number of nitrogens with zero attached hydrogens (tertiary/aromatic N) is 2. The molecule has 158 valence electrons. The number of hydrogen-bond acceptors (Lipinski definition) is 5. The van der Waals surface area contributed by atoms with Gasteiger partial charge in [-0.2, -0.15) is 0 Å². The summed E-state index contributed by atoms with van der Waals surface area (Å²) < 4.78 is 27.4. The van der Waals surface area contributed by atoms with Gasteiger partial charge in [-0.1, -0.05) is 15.9 Å². The van der Waals surface area contributed by atoms with Crippen LogP contribution in [0.25, 0.3) is 0 Å². The average Bonchev–Trinajstić information content (AvgIpc) is 3.49. The van der Waals surface area contributed by atoms with E-state index in [0.29, 0.717) is 35.6 Å². The number of amides is 1. The van der Waals surface area contributed by atoms with E-state index < -0.39 is 10.0 Å². The zero-order valence-electron chi connectivity index (χ0n) is 16.6. The van der Waals surface area contributed by atoms with E-state index in [-0.39, 0.29) is 23.3 Å². The molecule has 9 heteroatoms. The molecule has 1 aliphatic carbocycles. The maximum Gasteiger partial charge on any atom is 0.270 e. The zero-order chi connectivity index (χ0) is 21.5. The van der Waals surface area contributed by atoms with Gasteiger partial charge in [0.25, 0.3) is 5.91 Å². The highest BCUT2D eigenvalue weighted by atomic mass is 79.9. The zero-order valence-corrected chi connectivity index (χ0v) is 19.0. The van der Waals surface area contributed by atoms with Gasteiger partial charge in [-0.15, -0.1) is 0 Å². The molecule has 0 aromatic heterocycles. The van der Waals surface area contributed by atoms with Crippen LogP contribution in [0.1, 0.15) is 36.3 Å². The fourth-order valence-corrected chi connectivity index (χ4v) is 5.51. The largest absolute Gasteiger partial charge is 0.398 e. The van der Waals surface area contributed by atoms with Crippen LogP contribution < -0.4 is 15.4 Å². The summed E-state index contributed by atoms with van der Waals surface area (Å²) in [4.78, 5) is 17.2. The molecule has 2 aliphatic rings. The van der Waals surface area contributed by atoms with Gasteiger partial charge < -0.3 is 11.1 Å². The van der Waals surface area contributed by atoms with Gasteiger partial charge in [-0.05, 0) is 67.1 Å². The molecular weight excluding hydrogens is 468 g/mol. The first-order chi connectivity index (χ1) is 14.3. The van der Waals surface area contributed by atoms with Crippen molar-refractivity contribution in [2.24, 2.45) is 4.99 Å². The first kappa shape index (κ1) is 20.9. The lowest BCUT2D eigenvalue weighted by Gasteiger charge is -2.23. The van der Waals surface area contributed by atoms with Crippen LogP contribution >= 0.6 is 15.9 Å². The van der Waals surface area contributed by atoms with E-state index in [1.54, 1.807) is 25.2 Å². The third-order valence-electron chi connectivity index (χ3n) is 5.35. The minimum Gasteiger partial charge on any atom is -0.398 e. The number of hydrogen-bond donors (Lipinski definition) is 2. The normalized spacial score (nSPS) is 18.5. The van der Waals surface area contributed by atoms with Gasteiger partial charge >= 0.3 is 0 Å². The van der Waals surface area contributed by atoms with Crippen LogP contribution in [0.15, 0.2) is 45.9 Å². The van der Waals surface area contributed by atoms with Gasteiger partial charge in [0.15, 0.2) is 0 Å². The molecule has 3 N–H and O–H groups in total. The Hall–Kier alpha value is -2.39. The smallest absolute Gasteiger partial charge is 0.270 e. The number of aliphatic imine (C=N–C) groups is 1. The molecule has 0 unspecified atom stereocenters. The van der Waals surface area contributed by atoms with E-state index in [1.165, 1.54) is 4.31 Å². The molecule has 1 aliphatic heterocycles. The number of carbonyl (C=O) groups is 1. The molecule has 0 radical (unpaired) electrons. The Bertz CT molecular complexity index is 1130. The Kier molecular flexibility index (Phi) is 5.59. The van der Waals surface area contributed by atoms with Crippen molar-refractivity contribution in [2.45, 2.75) is 25.2 Å². The molecule has 2 aromatic rings. The summed E-state index contributed by atoms with van der Waals surface area (Å²) in [6.07, 6.45) is 2.58. The molecule has 1 saturated heterocycles. The second kappa shape index (κ2) is 8.03. The van der Waals surface area contributed by atoms with Crippen molar-refractivity contribution >= 4 is 54.6 Å². The van der Waals surface area contributed by atoms with Gasteiger partial charge in [0.1, 0.15) is 5.71 Å². The van der Waals surface area contributed by atoms with E-state index in [9.17, 15) is 13.2 Å². The Morgan fingerprint density at radius 2 is 1.93 bits per heavy atom. The second-order valence-corrected chi connectivity index (χ2v) is 10.5. The van der Waals surface area contributed by atoms with Crippen LogP contribution in [0.4, 0.5) is 17.1 Å². The summed E-state index contributed by atoms with van der Waals surface area (Å²) >= 11 is 3.39. The Morgan fingerprint density at radius 1 is 1.23 bits per heavy atom. The molecule has 1 saturated carbocycles. The van der Waals surface area contributed by atoms with Crippen LogP contribution in [-0.2, 0) is 14.8 Å². The molecule has 0 spiro atoms. The second-order valence-electron chi connectivity index (χ2n) is 7.53. The van der Waals surface area contributed by atoms with Crippen LogP contribution in [-0.4, -0.2) is 39.4 Å². The van der Waals surface area contributed by atoms with Gasteiger partial charge in [-0.25, -0.2) is 13.4 Å². The molecule has 1 amide bonds. The topological polar surface area (TPSA) is 105 Å². The van der Waals surface area contributed by atoms with Gasteiger partial charge in [0, 0.05) is 29.3 Å². The lowest BCUT2D eigenvalue weighted by Crippen LogP contribution is -2.30. The Balaban J connectivity index is 1.85. The quantitative estimate of drug-likeness (QED) is 0.495. The van der Waals surface area contributed by atoms with Gasteiger partial charge in [0.05, 0.1) is 17.1 Å². The van der Waals surface area contributed by atoms with Crippen LogP contribution in [0, 0.1) is 0 Å². The van der Waals surface area contributed by atoms with E-state index in [2.05, 4.69) is 26.2 Å². The highest BCUT2D eigenvalue weighted by Crippen LogP contribution is 2.47. The number of nitrogen functional groups attached to an aromatic ring is 1. The number of carbonyl (C=O) groups excluding carboxylic acids is 1. The van der Waals surface area contributed by atoms with Crippen molar-refractivity contribution in [3.8, 4) is 0 Å². The summed E-state index contributed by atoms with van der Waals surface area (Å²) in [7, 11) is -1.78. The highest BCUT2D eigenvalue weighted by molar-refractivity contribution is 9.10. The van der Waals surface area contributed by atoms with Gasteiger partial charge in [-0.3, -0.25) is 9.10 Å². The number of rotatable bonds is 5. The maximum absolute atomic E-state index is 12.7. The SMILES string of the molecule is CNC(=O)C(=Nc1ccc(Br)cc1)c1cc(C2CC2)c(N2CCCS2(=O)=O)cc1N. The monoisotopic (exact) mass is 490 g/mol. The van der Waals surface area contributed by atoms with Crippen LogP contribution in [0.5, 0.6) is 0 Å². The van der Waals surface area contributed by atoms with E-state index in [0.717, 1.165) is 22.9 Å². The number of anilines is 2. The van der Waals surface area contributed by atoms with Crippen molar-refractivity contribution in [2.75, 3.05) is 29.4 Å². The molecule has 2 aromatic carbocycles. The molecule has 0 bridgehead atoms. The molecule has 0 atom stereocenters. The molecule has 4 rings (SSSR count). The summed E-state index contributed by atoms with van der Waals surface area (Å²) in [5, 5.41) is 2.63. The van der Waals surface area contributed by atoms with E-state index >= 15 is 0 Å². The molecule has 2 fully saturated rings. The summed E-state index contributed by atoms with van der Waals surface area (Å²) in [5.41, 5.74) is 9.57. The minimum atomic E-state index is -3.33. The van der Waals surface area contributed by atoms with Gasteiger partial charge in [0.2, 0.25) is 10.0 Å². The van der Waals surface area contributed by atoms with Crippen molar-refractivity contribution < 1.29 is 13.2 Å². The van der Waals surface area contributed by atoms with Crippen molar-refractivity contribution in [1.29, 1.82) is 0 Å². The highest BCUT2D eigenvalue weighted by Gasteiger charge is 2.35. The number of benzene rings is 2. The minimum absolute atomic E-state index is 0.146. The van der Waals surface area contributed by atoms with Crippen LogP contribution in [0.2, 0.25) is 0 Å². The summed E-state index contributed by atoms with van der Waals surface area (Å²) in [5.74, 6) is 0.0643. The average molecular weight is 491 g/mol. The molecule has 7 nitrogen and oxygen atoms in total. The fraction of sp³-hybridized carbons (Fsp3) is 0.333. The number of likely N-dealkylation sites (N-methyl/N-ethyl adjacent to an activating group) is 1. The standard InChI is InChI=1S/C21H23BrN4O3S/c1-24-21(27)20(25-15-7-5-14(22)6-8-15)17-11-16(13-3-4-13)19(12-18(17)23)26-9-2-10-30(26,28)29/h5-8,11-13H,2-4,9-10,23H2,1H3,(H,24,27). The third kappa shape index (κ3) is 4.09. The van der Waals surface area contributed by atoms with Crippen molar-refractivity contribution in [3.05, 3.63) is 52.0 Å².